The molecular weight excluding hydrogens is 829 g/mol. The molecule has 9 aliphatic rings. The van der Waals surface area contributed by atoms with E-state index in [0.29, 0.717) is 0 Å². The Morgan fingerprint density at radius 3 is 0.500 bits per heavy atom. The molecule has 2 heteroatoms. The fraction of sp³-hybridized carbons (Fsp3) is 0.100. The van der Waals surface area contributed by atoms with Gasteiger partial charge in [0, 0.05) is 0 Å². The maximum absolute atomic E-state index is 10.7. The van der Waals surface area contributed by atoms with Gasteiger partial charge >= 0.3 is 371 Å². The van der Waals surface area contributed by atoms with E-state index in [1.165, 1.54) is 100 Å². The Morgan fingerprint density at radius 1 is 0.226 bits per heavy atom. The molecule has 9 aromatic rings. The standard InChI is InChI=1S/C60H39ClGe/c61-62(58-46-28-10-1-19-37(46)55(38-20-2-11-29-47(38)58)39-21-3-12-30-48(39)58,59-49-31-13-4-22-40(49)56(41-23-5-14-32-50(41)59)42-24-6-15-33-51(42)59)60-52-34-16-7-25-43(52)57(44-26-8-17-35-53(44)60)45-27-9-18-36-54(45)60/h1-36,55-57H. The summed E-state index contributed by atoms with van der Waals surface area (Å²) in [5.74, 6) is 0.338. The Kier molecular flexibility index (Phi) is 6.46. The van der Waals surface area contributed by atoms with Gasteiger partial charge in [0.25, 0.3) is 0 Å². The van der Waals surface area contributed by atoms with Gasteiger partial charge in [-0.05, 0) is 0 Å². The van der Waals surface area contributed by atoms with Gasteiger partial charge < -0.3 is 0 Å². The van der Waals surface area contributed by atoms with Crippen LogP contribution in [0, 0.1) is 0 Å². The van der Waals surface area contributed by atoms with Gasteiger partial charge in [0.05, 0.1) is 0 Å². The zero-order valence-corrected chi connectivity index (χ0v) is 36.7. The average molecular weight is 868 g/mol. The van der Waals surface area contributed by atoms with Crippen LogP contribution in [0.3, 0.4) is 0 Å². The SMILES string of the molecule is [Cl][Ge]([C]12c3ccccc3C(c3ccccc31)c1ccccc12)([C]12c3ccccc3C(c3ccccc31)c1ccccc12)[C]12c3ccccc3C(c3ccccc31)c1ccccc12. The predicted octanol–water partition coefficient (Wildman–Crippen LogP) is 13.3. The van der Waals surface area contributed by atoms with Gasteiger partial charge in [0.1, 0.15) is 0 Å². The molecule has 62 heavy (non-hydrogen) atoms. The Balaban J connectivity index is 1.31. The van der Waals surface area contributed by atoms with Gasteiger partial charge in [-0.3, -0.25) is 0 Å². The van der Waals surface area contributed by atoms with E-state index in [1.54, 1.807) is 0 Å². The molecule has 0 unspecified atom stereocenters. The second-order valence-electron chi connectivity index (χ2n) is 18.5. The fourth-order valence-corrected chi connectivity index (χ4v) is 34.7. The van der Waals surface area contributed by atoms with Gasteiger partial charge in [0.15, 0.2) is 0 Å². The second kappa shape index (κ2) is 11.6. The van der Waals surface area contributed by atoms with E-state index in [2.05, 4.69) is 218 Å². The minimum absolute atomic E-state index is 0.113. The van der Waals surface area contributed by atoms with E-state index < -0.39 is 25.1 Å². The van der Waals surface area contributed by atoms with Crippen LogP contribution in [-0.4, -0.2) is 12.3 Å². The van der Waals surface area contributed by atoms with Gasteiger partial charge in [-0.25, -0.2) is 0 Å². The molecule has 9 aromatic carbocycles. The van der Waals surface area contributed by atoms with Gasteiger partial charge in [-0.1, -0.05) is 0 Å². The topological polar surface area (TPSA) is 0 Å². The summed E-state index contributed by atoms with van der Waals surface area (Å²) in [6, 6.07) is 85.7. The third-order valence-electron chi connectivity index (χ3n) is 16.6. The summed E-state index contributed by atoms with van der Waals surface area (Å²) in [5, 5.41) is 0. The van der Waals surface area contributed by atoms with Crippen molar-refractivity contribution in [3.63, 3.8) is 0 Å². The zero-order chi connectivity index (χ0) is 40.6. The molecule has 0 nitrogen and oxygen atoms in total. The van der Waals surface area contributed by atoms with Gasteiger partial charge in [0.2, 0.25) is 0 Å². The third kappa shape index (κ3) is 3.41. The van der Waals surface area contributed by atoms with Gasteiger partial charge in [-0.2, -0.15) is 0 Å². The molecule has 18 rings (SSSR count). The van der Waals surface area contributed by atoms with Crippen molar-refractivity contribution in [3.05, 3.63) is 319 Å². The monoisotopic (exact) mass is 868 g/mol. The van der Waals surface area contributed by atoms with Crippen LogP contribution < -0.4 is 0 Å². The molecule has 0 amide bonds. The molecule has 0 aliphatic heterocycles. The first-order chi connectivity index (χ1) is 30.7. The van der Waals surface area contributed by atoms with E-state index >= 15 is 0 Å². The molecule has 0 spiro atoms. The molecule has 6 bridgehead atoms. The van der Waals surface area contributed by atoms with Crippen LogP contribution in [0.4, 0.5) is 0 Å². The number of benzene rings is 9. The molecule has 0 radical (unpaired) electrons. The molecule has 0 fully saturated rings. The molecule has 290 valence electrons. The van der Waals surface area contributed by atoms with E-state index in [4.69, 9.17) is 0 Å². The fourth-order valence-electron chi connectivity index (χ4n) is 15.1. The molecule has 0 atom stereocenters. The van der Waals surface area contributed by atoms with Crippen molar-refractivity contribution in [3.8, 4) is 0 Å². The quantitative estimate of drug-likeness (QED) is 0.155. The Labute approximate surface area is 369 Å². The van der Waals surface area contributed by atoms with Crippen molar-refractivity contribution in [1.29, 1.82) is 0 Å². The van der Waals surface area contributed by atoms with Crippen LogP contribution in [0.2, 0.25) is 0 Å². The molecular formula is C60H39ClGe. The summed E-state index contributed by atoms with van der Waals surface area (Å²) in [5.41, 5.74) is 25.1. The van der Waals surface area contributed by atoms with Crippen molar-refractivity contribution in [2.75, 3.05) is 0 Å². The van der Waals surface area contributed by atoms with Crippen molar-refractivity contribution in [2.24, 2.45) is 0 Å². The average Bonchev–Trinajstić information content (AvgIpc) is 3.35. The number of rotatable bonds is 3. The predicted molar refractivity (Wildman–Crippen MR) is 252 cm³/mol. The maximum atomic E-state index is 10.7. The van der Waals surface area contributed by atoms with Crippen molar-refractivity contribution in [1.82, 2.24) is 0 Å². The number of hydrogen-bond donors (Lipinski definition) is 0. The molecule has 0 N–H and O–H groups in total. The van der Waals surface area contributed by atoms with Crippen LogP contribution >= 0.6 is 10.0 Å². The first kappa shape index (κ1) is 34.4. The van der Waals surface area contributed by atoms with Crippen molar-refractivity contribution >= 4 is 22.3 Å². The van der Waals surface area contributed by atoms with Crippen LogP contribution in [0.15, 0.2) is 218 Å². The normalized spacial score (nSPS) is 26.0. The van der Waals surface area contributed by atoms with Crippen molar-refractivity contribution in [2.45, 2.75) is 30.5 Å². The Morgan fingerprint density at radius 2 is 0.355 bits per heavy atom. The summed E-state index contributed by atoms with van der Waals surface area (Å²) in [6.07, 6.45) is 0. The van der Waals surface area contributed by atoms with Crippen molar-refractivity contribution < 1.29 is 0 Å². The van der Waals surface area contributed by atoms with E-state index in [1.807, 2.05) is 0 Å². The first-order valence-corrected chi connectivity index (χ1v) is 28.1. The third-order valence-corrected chi connectivity index (χ3v) is 32.6. The Hall–Kier alpha value is -6.19. The minimum atomic E-state index is -5.19. The van der Waals surface area contributed by atoms with Crippen LogP contribution in [0.25, 0.3) is 0 Å². The summed E-state index contributed by atoms with van der Waals surface area (Å²) >= 11 is -5.19. The van der Waals surface area contributed by atoms with E-state index in [9.17, 15) is 10.0 Å². The molecule has 0 saturated carbocycles. The van der Waals surface area contributed by atoms with Crippen LogP contribution in [0.1, 0.15) is 118 Å². The summed E-state index contributed by atoms with van der Waals surface area (Å²) < 4.78 is -2.22. The molecule has 0 aromatic heterocycles. The zero-order valence-electron chi connectivity index (χ0n) is 33.9. The molecule has 9 aliphatic carbocycles. The van der Waals surface area contributed by atoms with Crippen LogP contribution in [0.5, 0.6) is 0 Å². The first-order valence-electron chi connectivity index (χ1n) is 22.2. The number of hydrogen-bond acceptors (Lipinski definition) is 0. The van der Waals surface area contributed by atoms with Gasteiger partial charge in [-0.15, -0.1) is 0 Å². The molecule has 0 heterocycles. The Bertz CT molecular complexity index is 2740. The van der Waals surface area contributed by atoms with E-state index in [-0.39, 0.29) is 17.8 Å². The molecule has 0 saturated heterocycles. The second-order valence-corrected chi connectivity index (χ2v) is 28.9. The summed E-state index contributed by atoms with van der Waals surface area (Å²) in [6.45, 7) is 0. The number of halogens is 1. The summed E-state index contributed by atoms with van der Waals surface area (Å²) in [7, 11) is 10.7. The van der Waals surface area contributed by atoms with E-state index in [0.717, 1.165) is 0 Å². The summed E-state index contributed by atoms with van der Waals surface area (Å²) in [4.78, 5) is 0. The van der Waals surface area contributed by atoms with Crippen LogP contribution in [-0.2, 0) is 12.7 Å².